The standard InChI is InChI=1S/C11H15Cl2N3O2/c1-3-4-14-10-7(12)5-8(13)11(16-10)15-6-9(17)18-2/h5H,3-4,6H2,1-2H3,(H2,14,15,16). The molecule has 0 bridgehead atoms. The second kappa shape index (κ2) is 7.28. The van der Waals surface area contributed by atoms with Crippen molar-refractivity contribution in [3.8, 4) is 0 Å². The number of esters is 1. The molecule has 1 aromatic rings. The summed E-state index contributed by atoms with van der Waals surface area (Å²) in [6, 6.07) is 1.58. The lowest BCUT2D eigenvalue weighted by molar-refractivity contribution is -0.138. The van der Waals surface area contributed by atoms with Crippen molar-refractivity contribution in [1.29, 1.82) is 0 Å². The Labute approximate surface area is 116 Å². The molecule has 0 aliphatic heterocycles. The third-order valence-electron chi connectivity index (χ3n) is 2.10. The van der Waals surface area contributed by atoms with Crippen LogP contribution in [0.5, 0.6) is 0 Å². The van der Waals surface area contributed by atoms with Gasteiger partial charge in [-0.2, -0.15) is 0 Å². The highest BCUT2D eigenvalue weighted by atomic mass is 35.5. The van der Waals surface area contributed by atoms with Gasteiger partial charge in [-0.1, -0.05) is 30.1 Å². The lowest BCUT2D eigenvalue weighted by Crippen LogP contribution is -2.16. The zero-order valence-electron chi connectivity index (χ0n) is 10.2. The number of aromatic nitrogens is 1. The number of halogens is 2. The number of hydrogen-bond donors (Lipinski definition) is 2. The van der Waals surface area contributed by atoms with Gasteiger partial charge < -0.3 is 15.4 Å². The van der Waals surface area contributed by atoms with Crippen molar-refractivity contribution in [2.75, 3.05) is 30.8 Å². The molecule has 1 aromatic heterocycles. The number of rotatable bonds is 6. The van der Waals surface area contributed by atoms with E-state index in [9.17, 15) is 4.79 Å². The first-order valence-corrected chi connectivity index (χ1v) is 6.24. The quantitative estimate of drug-likeness (QED) is 0.789. The summed E-state index contributed by atoms with van der Waals surface area (Å²) in [7, 11) is 1.31. The maximum absolute atomic E-state index is 11.0. The van der Waals surface area contributed by atoms with E-state index >= 15 is 0 Å². The van der Waals surface area contributed by atoms with E-state index in [0.29, 0.717) is 21.7 Å². The van der Waals surface area contributed by atoms with Crippen LogP contribution >= 0.6 is 23.2 Å². The van der Waals surface area contributed by atoms with Gasteiger partial charge in [0.2, 0.25) is 0 Å². The van der Waals surface area contributed by atoms with Crippen LogP contribution < -0.4 is 10.6 Å². The molecule has 0 saturated heterocycles. The van der Waals surface area contributed by atoms with Crippen LogP contribution in [0.1, 0.15) is 13.3 Å². The monoisotopic (exact) mass is 291 g/mol. The van der Waals surface area contributed by atoms with Crippen molar-refractivity contribution in [2.45, 2.75) is 13.3 Å². The Morgan fingerprint density at radius 1 is 1.33 bits per heavy atom. The first kappa shape index (κ1) is 14.9. The molecule has 0 radical (unpaired) electrons. The highest BCUT2D eigenvalue weighted by Crippen LogP contribution is 2.29. The highest BCUT2D eigenvalue weighted by Gasteiger charge is 2.10. The minimum atomic E-state index is -0.397. The van der Waals surface area contributed by atoms with Gasteiger partial charge in [0.05, 0.1) is 17.2 Å². The van der Waals surface area contributed by atoms with Gasteiger partial charge >= 0.3 is 5.97 Å². The number of carbonyl (C=O) groups excluding carboxylic acids is 1. The van der Waals surface area contributed by atoms with Gasteiger partial charge in [-0.25, -0.2) is 4.98 Å². The maximum atomic E-state index is 11.0. The zero-order valence-corrected chi connectivity index (χ0v) is 11.7. The van der Waals surface area contributed by atoms with E-state index in [1.165, 1.54) is 7.11 Å². The van der Waals surface area contributed by atoms with Crippen LogP contribution in [0.4, 0.5) is 11.6 Å². The molecule has 2 N–H and O–H groups in total. The van der Waals surface area contributed by atoms with E-state index in [-0.39, 0.29) is 6.54 Å². The van der Waals surface area contributed by atoms with Crippen LogP contribution in [-0.4, -0.2) is 31.2 Å². The number of nitrogens with zero attached hydrogens (tertiary/aromatic N) is 1. The lowest BCUT2D eigenvalue weighted by Gasteiger charge is -2.11. The Kier molecular flexibility index (Phi) is 6.01. The average Bonchev–Trinajstić information content (AvgIpc) is 2.36. The van der Waals surface area contributed by atoms with E-state index in [4.69, 9.17) is 23.2 Å². The van der Waals surface area contributed by atoms with Gasteiger partial charge in [0.25, 0.3) is 0 Å². The fourth-order valence-corrected chi connectivity index (χ4v) is 1.68. The first-order valence-electron chi connectivity index (χ1n) is 5.49. The van der Waals surface area contributed by atoms with E-state index < -0.39 is 5.97 Å². The van der Waals surface area contributed by atoms with Crippen LogP contribution in [0.15, 0.2) is 6.07 Å². The summed E-state index contributed by atoms with van der Waals surface area (Å²) in [6.45, 7) is 2.79. The van der Waals surface area contributed by atoms with Crippen molar-refractivity contribution in [1.82, 2.24) is 4.98 Å². The molecule has 0 atom stereocenters. The number of hydrogen-bond acceptors (Lipinski definition) is 5. The molecule has 0 fully saturated rings. The number of ether oxygens (including phenoxy) is 1. The Hall–Kier alpha value is -1.20. The second-order valence-corrected chi connectivity index (χ2v) is 4.32. The van der Waals surface area contributed by atoms with E-state index in [2.05, 4.69) is 20.4 Å². The van der Waals surface area contributed by atoms with Crippen molar-refractivity contribution in [2.24, 2.45) is 0 Å². The summed E-state index contributed by atoms with van der Waals surface area (Å²) in [5, 5.41) is 6.66. The molecule has 18 heavy (non-hydrogen) atoms. The molecule has 0 aliphatic rings. The van der Waals surface area contributed by atoms with Gasteiger partial charge in [-0.3, -0.25) is 4.79 Å². The van der Waals surface area contributed by atoms with Crippen molar-refractivity contribution in [3.63, 3.8) is 0 Å². The van der Waals surface area contributed by atoms with Gasteiger partial charge in [0.15, 0.2) is 0 Å². The summed E-state index contributed by atoms with van der Waals surface area (Å²) in [5.41, 5.74) is 0. The Morgan fingerprint density at radius 2 is 1.94 bits per heavy atom. The maximum Gasteiger partial charge on any atom is 0.325 e. The summed E-state index contributed by atoms with van der Waals surface area (Å²) >= 11 is 12.0. The summed E-state index contributed by atoms with van der Waals surface area (Å²) in [4.78, 5) is 15.2. The largest absolute Gasteiger partial charge is 0.468 e. The number of pyridine rings is 1. The topological polar surface area (TPSA) is 63.2 Å². The number of nitrogens with one attached hydrogen (secondary N) is 2. The molecule has 0 amide bonds. The van der Waals surface area contributed by atoms with Crippen LogP contribution in [0, 0.1) is 0 Å². The molecule has 7 heteroatoms. The Bertz CT molecular complexity index is 427. The minimum Gasteiger partial charge on any atom is -0.468 e. The second-order valence-electron chi connectivity index (χ2n) is 3.51. The normalized spacial score (nSPS) is 10.0. The molecule has 1 heterocycles. The van der Waals surface area contributed by atoms with Crippen LogP contribution in [0.3, 0.4) is 0 Å². The molecule has 0 unspecified atom stereocenters. The fourth-order valence-electron chi connectivity index (χ4n) is 1.19. The van der Waals surface area contributed by atoms with Crippen molar-refractivity contribution >= 4 is 40.8 Å². The van der Waals surface area contributed by atoms with E-state index in [1.54, 1.807) is 6.07 Å². The van der Waals surface area contributed by atoms with Gasteiger partial charge in [0.1, 0.15) is 18.2 Å². The molecule has 0 saturated carbocycles. The molecule has 1 rings (SSSR count). The first-order chi connectivity index (χ1) is 8.58. The van der Waals surface area contributed by atoms with E-state index in [1.807, 2.05) is 6.92 Å². The van der Waals surface area contributed by atoms with E-state index in [0.717, 1.165) is 13.0 Å². The van der Waals surface area contributed by atoms with Crippen molar-refractivity contribution < 1.29 is 9.53 Å². The molecular formula is C11H15Cl2N3O2. The number of carbonyl (C=O) groups is 1. The summed E-state index contributed by atoms with van der Waals surface area (Å²) in [5.74, 6) is 0.534. The molecule has 100 valence electrons. The predicted octanol–water partition coefficient (Wildman–Crippen LogP) is 2.80. The zero-order chi connectivity index (χ0) is 13.5. The van der Waals surface area contributed by atoms with Crippen LogP contribution in [0.2, 0.25) is 10.0 Å². The molecule has 0 aromatic carbocycles. The SMILES string of the molecule is CCCNc1nc(NCC(=O)OC)c(Cl)cc1Cl. The fraction of sp³-hybridized carbons (Fsp3) is 0.455. The predicted molar refractivity (Wildman–Crippen MR) is 73.5 cm³/mol. The smallest absolute Gasteiger partial charge is 0.325 e. The molecular weight excluding hydrogens is 277 g/mol. The Morgan fingerprint density at radius 3 is 2.50 bits per heavy atom. The van der Waals surface area contributed by atoms with Crippen LogP contribution in [-0.2, 0) is 9.53 Å². The van der Waals surface area contributed by atoms with Gasteiger partial charge in [-0.15, -0.1) is 0 Å². The molecule has 0 aliphatic carbocycles. The summed E-state index contributed by atoms with van der Waals surface area (Å²) in [6.07, 6.45) is 0.950. The van der Waals surface area contributed by atoms with Crippen molar-refractivity contribution in [3.05, 3.63) is 16.1 Å². The average molecular weight is 292 g/mol. The number of methoxy groups -OCH3 is 1. The third-order valence-corrected chi connectivity index (χ3v) is 2.68. The lowest BCUT2D eigenvalue weighted by atomic mass is 10.4. The molecule has 5 nitrogen and oxygen atoms in total. The van der Waals surface area contributed by atoms with Crippen LogP contribution in [0.25, 0.3) is 0 Å². The van der Waals surface area contributed by atoms with Gasteiger partial charge in [-0.05, 0) is 12.5 Å². The highest BCUT2D eigenvalue weighted by molar-refractivity contribution is 6.37. The molecule has 0 spiro atoms. The third kappa shape index (κ3) is 4.23. The summed E-state index contributed by atoms with van der Waals surface area (Å²) < 4.78 is 4.52. The minimum absolute atomic E-state index is 0.00191. The van der Waals surface area contributed by atoms with Gasteiger partial charge in [0, 0.05) is 6.54 Å². The number of anilines is 2. The Balaban J connectivity index is 2.80.